The van der Waals surface area contributed by atoms with Gasteiger partial charge in [0, 0.05) is 30.6 Å². The molecule has 2 saturated heterocycles. The van der Waals surface area contributed by atoms with E-state index in [1.165, 1.54) is 19.3 Å². The van der Waals surface area contributed by atoms with Crippen molar-refractivity contribution in [3.63, 3.8) is 0 Å². The van der Waals surface area contributed by atoms with Crippen LogP contribution in [0, 0.1) is 0 Å². The third-order valence-electron chi connectivity index (χ3n) is 3.31. The standard InChI is InChI=1S/C11H20N2OS/c1-9-4-2-3-6-13(9)11(14)10-8-15-7-5-12-10/h9-10,12H,2-8H2,1H3. The maximum atomic E-state index is 12.2. The van der Waals surface area contributed by atoms with Gasteiger partial charge in [0.1, 0.15) is 0 Å². The first-order chi connectivity index (χ1) is 7.29. The van der Waals surface area contributed by atoms with Gasteiger partial charge in [0.2, 0.25) is 5.91 Å². The molecule has 3 nitrogen and oxygen atoms in total. The highest BCUT2D eigenvalue weighted by Gasteiger charge is 2.29. The smallest absolute Gasteiger partial charge is 0.240 e. The third-order valence-corrected chi connectivity index (χ3v) is 4.37. The largest absolute Gasteiger partial charge is 0.339 e. The number of rotatable bonds is 1. The van der Waals surface area contributed by atoms with Gasteiger partial charge in [-0.05, 0) is 26.2 Å². The highest BCUT2D eigenvalue weighted by molar-refractivity contribution is 7.99. The van der Waals surface area contributed by atoms with Gasteiger partial charge in [0.15, 0.2) is 0 Å². The number of nitrogens with zero attached hydrogens (tertiary/aromatic N) is 1. The summed E-state index contributed by atoms with van der Waals surface area (Å²) in [6.07, 6.45) is 3.62. The fourth-order valence-corrected chi connectivity index (χ4v) is 3.27. The summed E-state index contributed by atoms with van der Waals surface area (Å²) in [6, 6.07) is 0.518. The Morgan fingerprint density at radius 3 is 3.00 bits per heavy atom. The Morgan fingerprint density at radius 2 is 2.33 bits per heavy atom. The summed E-state index contributed by atoms with van der Waals surface area (Å²) in [4.78, 5) is 14.3. The maximum Gasteiger partial charge on any atom is 0.240 e. The number of hydrogen-bond donors (Lipinski definition) is 1. The Morgan fingerprint density at radius 1 is 1.47 bits per heavy atom. The second kappa shape index (κ2) is 5.21. The Bertz CT molecular complexity index is 229. The topological polar surface area (TPSA) is 32.3 Å². The number of carbonyl (C=O) groups is 1. The molecule has 2 rings (SSSR count). The number of nitrogens with one attached hydrogen (secondary N) is 1. The summed E-state index contributed by atoms with van der Waals surface area (Å²) in [7, 11) is 0. The van der Waals surface area contributed by atoms with Crippen LogP contribution in [0.4, 0.5) is 0 Å². The van der Waals surface area contributed by atoms with Crippen LogP contribution in [-0.4, -0.2) is 47.5 Å². The molecular weight excluding hydrogens is 208 g/mol. The SMILES string of the molecule is CC1CCCCN1C(=O)C1CSCCN1. The predicted molar refractivity (Wildman–Crippen MR) is 64.1 cm³/mol. The Hall–Kier alpha value is -0.220. The van der Waals surface area contributed by atoms with E-state index in [-0.39, 0.29) is 6.04 Å². The molecule has 2 atom stereocenters. The minimum absolute atomic E-state index is 0.0734. The van der Waals surface area contributed by atoms with E-state index in [2.05, 4.69) is 17.1 Å². The summed E-state index contributed by atoms with van der Waals surface area (Å²) in [5.41, 5.74) is 0. The first-order valence-electron chi connectivity index (χ1n) is 5.90. The summed E-state index contributed by atoms with van der Waals surface area (Å²) in [6.45, 7) is 4.11. The Labute approximate surface area is 96.0 Å². The minimum atomic E-state index is 0.0734. The summed E-state index contributed by atoms with van der Waals surface area (Å²) >= 11 is 1.89. The second-order valence-electron chi connectivity index (χ2n) is 4.46. The number of hydrogen-bond acceptors (Lipinski definition) is 3. The van der Waals surface area contributed by atoms with Crippen LogP contribution in [0.2, 0.25) is 0 Å². The Kier molecular flexibility index (Phi) is 3.92. The second-order valence-corrected chi connectivity index (χ2v) is 5.61. The first kappa shape index (κ1) is 11.3. The van der Waals surface area contributed by atoms with Crippen LogP contribution in [0.25, 0.3) is 0 Å². The fraction of sp³-hybridized carbons (Fsp3) is 0.909. The quantitative estimate of drug-likeness (QED) is 0.729. The van der Waals surface area contributed by atoms with Gasteiger partial charge in [-0.3, -0.25) is 4.79 Å². The van der Waals surface area contributed by atoms with Crippen molar-refractivity contribution in [2.45, 2.75) is 38.3 Å². The van der Waals surface area contributed by atoms with Gasteiger partial charge < -0.3 is 10.2 Å². The zero-order valence-corrected chi connectivity index (χ0v) is 10.2. The molecule has 0 radical (unpaired) electrons. The lowest BCUT2D eigenvalue weighted by molar-refractivity contribution is -0.136. The predicted octanol–water partition coefficient (Wildman–Crippen LogP) is 1.09. The fourth-order valence-electron chi connectivity index (χ4n) is 2.35. The zero-order chi connectivity index (χ0) is 10.7. The summed E-state index contributed by atoms with van der Waals surface area (Å²) in [5.74, 6) is 2.41. The maximum absolute atomic E-state index is 12.2. The molecule has 1 amide bonds. The number of piperidine rings is 1. The van der Waals surface area contributed by atoms with Crippen LogP contribution in [-0.2, 0) is 4.79 Å². The number of likely N-dealkylation sites (tertiary alicyclic amines) is 1. The number of thioether (sulfide) groups is 1. The minimum Gasteiger partial charge on any atom is -0.339 e. The van der Waals surface area contributed by atoms with Gasteiger partial charge in [0.05, 0.1) is 6.04 Å². The highest BCUT2D eigenvalue weighted by atomic mass is 32.2. The van der Waals surface area contributed by atoms with Crippen LogP contribution < -0.4 is 5.32 Å². The van der Waals surface area contributed by atoms with Crippen LogP contribution in [0.5, 0.6) is 0 Å². The van der Waals surface area contributed by atoms with Crippen molar-refractivity contribution in [2.24, 2.45) is 0 Å². The van der Waals surface area contributed by atoms with Crippen molar-refractivity contribution in [3.8, 4) is 0 Å². The lowest BCUT2D eigenvalue weighted by atomic mass is 10.0. The number of amides is 1. The van der Waals surface area contributed by atoms with Gasteiger partial charge in [-0.2, -0.15) is 11.8 Å². The first-order valence-corrected chi connectivity index (χ1v) is 7.06. The average Bonchev–Trinajstić information content (AvgIpc) is 2.30. The molecular formula is C11H20N2OS. The average molecular weight is 228 g/mol. The molecule has 0 aliphatic carbocycles. The van der Waals surface area contributed by atoms with Gasteiger partial charge >= 0.3 is 0 Å². The van der Waals surface area contributed by atoms with E-state index in [0.717, 1.165) is 24.6 Å². The highest BCUT2D eigenvalue weighted by Crippen LogP contribution is 2.19. The van der Waals surface area contributed by atoms with Crippen molar-refractivity contribution < 1.29 is 4.79 Å². The molecule has 4 heteroatoms. The molecule has 2 heterocycles. The summed E-state index contributed by atoms with van der Waals surface area (Å²) in [5, 5.41) is 3.32. The van der Waals surface area contributed by atoms with Gasteiger partial charge in [-0.15, -0.1) is 0 Å². The van der Waals surface area contributed by atoms with Crippen molar-refractivity contribution in [2.75, 3.05) is 24.6 Å². The Balaban J connectivity index is 1.92. The molecule has 0 aromatic heterocycles. The third kappa shape index (κ3) is 2.67. The number of carbonyl (C=O) groups excluding carboxylic acids is 1. The lowest BCUT2D eigenvalue weighted by Crippen LogP contribution is -2.54. The molecule has 0 aromatic rings. The van der Waals surface area contributed by atoms with Crippen molar-refractivity contribution in [3.05, 3.63) is 0 Å². The van der Waals surface area contributed by atoms with Crippen molar-refractivity contribution >= 4 is 17.7 Å². The monoisotopic (exact) mass is 228 g/mol. The molecule has 0 bridgehead atoms. The van der Waals surface area contributed by atoms with E-state index in [9.17, 15) is 4.79 Å². The van der Waals surface area contributed by atoms with Crippen molar-refractivity contribution in [1.82, 2.24) is 10.2 Å². The van der Waals surface area contributed by atoms with Crippen molar-refractivity contribution in [1.29, 1.82) is 0 Å². The van der Waals surface area contributed by atoms with Gasteiger partial charge in [-0.25, -0.2) is 0 Å². The van der Waals surface area contributed by atoms with E-state index in [1.54, 1.807) is 0 Å². The molecule has 2 aliphatic heterocycles. The van der Waals surface area contributed by atoms with Crippen LogP contribution in [0.1, 0.15) is 26.2 Å². The molecule has 2 fully saturated rings. The molecule has 2 unspecified atom stereocenters. The van der Waals surface area contributed by atoms with E-state index < -0.39 is 0 Å². The normalized spacial score (nSPS) is 32.7. The molecule has 2 aliphatic rings. The van der Waals surface area contributed by atoms with E-state index in [0.29, 0.717) is 11.9 Å². The van der Waals surface area contributed by atoms with E-state index in [1.807, 2.05) is 11.8 Å². The molecule has 0 saturated carbocycles. The summed E-state index contributed by atoms with van der Waals surface area (Å²) < 4.78 is 0. The molecule has 1 N–H and O–H groups in total. The van der Waals surface area contributed by atoms with E-state index in [4.69, 9.17) is 0 Å². The molecule has 86 valence electrons. The van der Waals surface area contributed by atoms with Gasteiger partial charge in [0.25, 0.3) is 0 Å². The van der Waals surface area contributed by atoms with Gasteiger partial charge in [-0.1, -0.05) is 0 Å². The van der Waals surface area contributed by atoms with Crippen LogP contribution in [0.15, 0.2) is 0 Å². The molecule has 0 spiro atoms. The zero-order valence-electron chi connectivity index (χ0n) is 9.37. The van der Waals surface area contributed by atoms with E-state index >= 15 is 0 Å². The van der Waals surface area contributed by atoms with Crippen LogP contribution in [0.3, 0.4) is 0 Å². The molecule has 15 heavy (non-hydrogen) atoms. The van der Waals surface area contributed by atoms with Crippen LogP contribution >= 0.6 is 11.8 Å². The molecule has 0 aromatic carbocycles. The lowest BCUT2D eigenvalue weighted by Gasteiger charge is -2.37.